The van der Waals surface area contributed by atoms with E-state index >= 15 is 0 Å². The van der Waals surface area contributed by atoms with Gasteiger partial charge < -0.3 is 4.74 Å². The quantitative estimate of drug-likeness (QED) is 0.780. The van der Waals surface area contributed by atoms with Gasteiger partial charge in [-0.15, -0.1) is 0 Å². The van der Waals surface area contributed by atoms with Crippen LogP contribution in [0.2, 0.25) is 0 Å². The first-order chi connectivity index (χ1) is 8.29. The maximum Gasteiger partial charge on any atom is 0.126 e. The summed E-state index contributed by atoms with van der Waals surface area (Å²) in [6, 6.07) is 6.45. The fraction of sp³-hybridized carbons (Fsp3) is 0.571. The molecule has 2 aliphatic heterocycles. The van der Waals surface area contributed by atoms with E-state index < -0.39 is 0 Å². The van der Waals surface area contributed by atoms with E-state index in [1.54, 1.807) is 6.07 Å². The topological polar surface area (TPSA) is 12.5 Å². The van der Waals surface area contributed by atoms with Crippen LogP contribution >= 0.6 is 0 Å². The molecule has 0 unspecified atom stereocenters. The lowest BCUT2D eigenvalue weighted by molar-refractivity contribution is -0.0864. The summed E-state index contributed by atoms with van der Waals surface area (Å²) in [5.41, 5.74) is 2.08. The minimum absolute atomic E-state index is 0.0366. The second-order valence-electron chi connectivity index (χ2n) is 5.01. The largest absolute Gasteiger partial charge is 0.378 e. The second kappa shape index (κ2) is 4.39. The van der Waals surface area contributed by atoms with E-state index in [1.807, 2.05) is 6.07 Å². The lowest BCUT2D eigenvalue weighted by Crippen LogP contribution is -2.55. The van der Waals surface area contributed by atoms with Gasteiger partial charge in [0.2, 0.25) is 0 Å². The van der Waals surface area contributed by atoms with Gasteiger partial charge in [-0.2, -0.15) is 0 Å². The Morgan fingerprint density at radius 2 is 2.24 bits per heavy atom. The molecule has 0 amide bonds. The average molecular weight is 235 g/mol. The highest BCUT2D eigenvalue weighted by molar-refractivity contribution is 5.31. The summed E-state index contributed by atoms with van der Waals surface area (Å²) in [6.07, 6.45) is 1.92. The molecule has 2 heterocycles. The third-order valence-electron chi connectivity index (χ3n) is 4.04. The Morgan fingerprint density at radius 1 is 1.41 bits per heavy atom. The Morgan fingerprint density at radius 3 is 2.88 bits per heavy atom. The third-order valence-corrected chi connectivity index (χ3v) is 4.04. The first-order valence-corrected chi connectivity index (χ1v) is 6.39. The van der Waals surface area contributed by atoms with Crippen LogP contribution in [-0.2, 0) is 17.7 Å². The number of rotatable bonds is 2. The van der Waals surface area contributed by atoms with Crippen molar-refractivity contribution in [3.63, 3.8) is 0 Å². The van der Waals surface area contributed by atoms with Gasteiger partial charge in [-0.05, 0) is 30.0 Å². The fourth-order valence-electron chi connectivity index (χ4n) is 2.88. The molecule has 17 heavy (non-hydrogen) atoms. The van der Waals surface area contributed by atoms with Crippen LogP contribution in [0.15, 0.2) is 18.2 Å². The number of fused-ring (bicyclic) bond motifs is 1. The van der Waals surface area contributed by atoms with Crippen LogP contribution in [0.3, 0.4) is 0 Å². The van der Waals surface area contributed by atoms with Gasteiger partial charge in [0.25, 0.3) is 0 Å². The Bertz CT molecular complexity index is 417. The summed E-state index contributed by atoms with van der Waals surface area (Å²) in [5, 5.41) is 0. The molecule has 1 aromatic carbocycles. The van der Waals surface area contributed by atoms with Crippen molar-refractivity contribution in [2.24, 2.45) is 0 Å². The van der Waals surface area contributed by atoms with Gasteiger partial charge in [0.1, 0.15) is 5.82 Å². The molecule has 2 aliphatic rings. The first-order valence-electron chi connectivity index (χ1n) is 6.39. The van der Waals surface area contributed by atoms with Gasteiger partial charge in [0, 0.05) is 12.6 Å². The summed E-state index contributed by atoms with van der Waals surface area (Å²) < 4.78 is 19.0. The predicted octanol–water partition coefficient (Wildman–Crippen LogP) is 2.36. The predicted molar refractivity (Wildman–Crippen MR) is 64.3 cm³/mol. The number of ether oxygens (including phenoxy) is 1. The fourth-order valence-corrected chi connectivity index (χ4v) is 2.88. The van der Waals surface area contributed by atoms with Crippen molar-refractivity contribution in [1.29, 1.82) is 0 Å². The molecule has 0 N–H and O–H groups in total. The van der Waals surface area contributed by atoms with Crippen molar-refractivity contribution in [2.45, 2.75) is 38.4 Å². The molecule has 3 rings (SSSR count). The normalized spacial score (nSPS) is 25.4. The van der Waals surface area contributed by atoms with Gasteiger partial charge in [-0.25, -0.2) is 4.39 Å². The van der Waals surface area contributed by atoms with E-state index in [4.69, 9.17) is 4.74 Å². The lowest BCUT2D eigenvalue weighted by atomic mass is 9.90. The van der Waals surface area contributed by atoms with Crippen molar-refractivity contribution in [1.82, 2.24) is 4.90 Å². The van der Waals surface area contributed by atoms with E-state index in [0.717, 1.165) is 43.7 Å². The highest BCUT2D eigenvalue weighted by Gasteiger charge is 2.34. The summed E-state index contributed by atoms with van der Waals surface area (Å²) in [4.78, 5) is 2.49. The van der Waals surface area contributed by atoms with Crippen LogP contribution < -0.4 is 0 Å². The minimum atomic E-state index is -0.0366. The maximum absolute atomic E-state index is 13.8. The van der Waals surface area contributed by atoms with Crippen LogP contribution in [0.5, 0.6) is 0 Å². The van der Waals surface area contributed by atoms with Crippen molar-refractivity contribution in [3.05, 3.63) is 35.1 Å². The molecule has 0 aliphatic carbocycles. The van der Waals surface area contributed by atoms with Crippen molar-refractivity contribution < 1.29 is 9.13 Å². The van der Waals surface area contributed by atoms with Gasteiger partial charge in [-0.1, -0.05) is 19.1 Å². The number of nitrogens with zero attached hydrogens (tertiary/aromatic N) is 1. The zero-order chi connectivity index (χ0) is 11.8. The lowest BCUT2D eigenvalue weighted by Gasteiger charge is -2.45. The summed E-state index contributed by atoms with van der Waals surface area (Å²) in [6.45, 7) is 4.73. The van der Waals surface area contributed by atoms with Crippen LogP contribution in [0.1, 0.15) is 24.5 Å². The van der Waals surface area contributed by atoms with Gasteiger partial charge in [-0.3, -0.25) is 4.90 Å². The number of hydrogen-bond acceptors (Lipinski definition) is 2. The molecule has 1 atom stereocenters. The van der Waals surface area contributed by atoms with Gasteiger partial charge in [0.05, 0.1) is 19.3 Å². The molecule has 2 nitrogen and oxygen atoms in total. The van der Waals surface area contributed by atoms with Crippen molar-refractivity contribution in [3.8, 4) is 0 Å². The Kier molecular flexibility index (Phi) is 2.89. The molecule has 1 fully saturated rings. The molecule has 0 spiro atoms. The van der Waals surface area contributed by atoms with E-state index in [0.29, 0.717) is 12.1 Å². The van der Waals surface area contributed by atoms with E-state index in [2.05, 4.69) is 17.9 Å². The second-order valence-corrected chi connectivity index (χ2v) is 5.01. The Labute approximate surface area is 101 Å². The van der Waals surface area contributed by atoms with Crippen LogP contribution in [0, 0.1) is 5.82 Å². The zero-order valence-electron chi connectivity index (χ0n) is 10.2. The Hall–Kier alpha value is -0.930. The zero-order valence-corrected chi connectivity index (χ0v) is 10.2. The van der Waals surface area contributed by atoms with E-state index in [-0.39, 0.29) is 5.82 Å². The first kappa shape index (κ1) is 11.2. The Balaban J connectivity index is 1.90. The van der Waals surface area contributed by atoms with E-state index in [9.17, 15) is 4.39 Å². The molecule has 3 heteroatoms. The highest BCUT2D eigenvalue weighted by Crippen LogP contribution is 2.30. The molecular weight excluding hydrogens is 217 g/mol. The van der Waals surface area contributed by atoms with Gasteiger partial charge >= 0.3 is 0 Å². The van der Waals surface area contributed by atoms with Crippen LogP contribution in [0.4, 0.5) is 4.39 Å². The molecule has 0 bridgehead atoms. The molecule has 0 saturated carbocycles. The maximum atomic E-state index is 13.8. The number of benzene rings is 1. The molecule has 0 aromatic heterocycles. The standard InChI is InChI=1S/C14H18FNO/c1-2-11-6-13-10(4-3-5-14(13)15)7-16(11)12-8-17-9-12/h3-5,11-12H,2,6-9H2,1H3/t11-/m0/s1. The smallest absolute Gasteiger partial charge is 0.126 e. The molecule has 1 saturated heterocycles. The van der Waals surface area contributed by atoms with Crippen molar-refractivity contribution in [2.75, 3.05) is 13.2 Å². The molecular formula is C14H18FNO. The molecule has 1 aromatic rings. The van der Waals surface area contributed by atoms with Crippen LogP contribution in [-0.4, -0.2) is 30.2 Å². The summed E-state index contributed by atoms with van der Waals surface area (Å²) in [7, 11) is 0. The molecule has 92 valence electrons. The number of hydrogen-bond donors (Lipinski definition) is 0. The average Bonchev–Trinajstić information content (AvgIpc) is 2.26. The van der Waals surface area contributed by atoms with Gasteiger partial charge in [0.15, 0.2) is 0 Å². The SMILES string of the molecule is CC[C@H]1Cc2c(F)cccc2CN1C1COC1. The number of halogens is 1. The van der Waals surface area contributed by atoms with E-state index in [1.165, 1.54) is 0 Å². The van der Waals surface area contributed by atoms with Crippen LogP contribution in [0.25, 0.3) is 0 Å². The minimum Gasteiger partial charge on any atom is -0.378 e. The third kappa shape index (κ3) is 1.87. The highest BCUT2D eigenvalue weighted by atomic mass is 19.1. The molecule has 0 radical (unpaired) electrons. The monoisotopic (exact) mass is 235 g/mol. The summed E-state index contributed by atoms with van der Waals surface area (Å²) in [5.74, 6) is -0.0366. The summed E-state index contributed by atoms with van der Waals surface area (Å²) >= 11 is 0. The van der Waals surface area contributed by atoms with Crippen molar-refractivity contribution >= 4 is 0 Å².